The summed E-state index contributed by atoms with van der Waals surface area (Å²) in [5, 5.41) is 11.5. The second-order valence-corrected chi connectivity index (χ2v) is 4.86. The highest BCUT2D eigenvalue weighted by atomic mass is 16.4. The van der Waals surface area contributed by atoms with Gasteiger partial charge < -0.3 is 15.3 Å². The Balaban J connectivity index is 4.52. The van der Waals surface area contributed by atoms with Crippen LogP contribution in [0.5, 0.6) is 0 Å². The summed E-state index contributed by atoms with van der Waals surface area (Å²) in [7, 11) is 0. The van der Waals surface area contributed by atoms with Gasteiger partial charge in [-0.05, 0) is 26.7 Å². The molecule has 110 valence electrons. The monoisotopic (exact) mass is 270 g/mol. The van der Waals surface area contributed by atoms with Crippen molar-refractivity contribution in [2.75, 3.05) is 6.54 Å². The van der Waals surface area contributed by atoms with E-state index in [0.29, 0.717) is 6.54 Å². The van der Waals surface area contributed by atoms with Gasteiger partial charge in [0.1, 0.15) is 6.04 Å². The van der Waals surface area contributed by atoms with Gasteiger partial charge in [0.05, 0.1) is 0 Å². The summed E-state index contributed by atoms with van der Waals surface area (Å²) in [5.74, 6) is -1.04. The van der Waals surface area contributed by atoms with Gasteiger partial charge in [-0.3, -0.25) is 0 Å². The van der Waals surface area contributed by atoms with Crippen molar-refractivity contribution >= 4 is 12.0 Å². The van der Waals surface area contributed by atoms with Gasteiger partial charge >= 0.3 is 12.0 Å². The van der Waals surface area contributed by atoms with E-state index in [2.05, 4.69) is 18.8 Å². The molecule has 0 rings (SSSR count). The number of amides is 2. The van der Waals surface area contributed by atoms with Crippen molar-refractivity contribution in [1.82, 2.24) is 10.2 Å². The quantitative estimate of drug-likeness (QED) is 0.500. The Morgan fingerprint density at radius 3 is 2.42 bits per heavy atom. The lowest BCUT2D eigenvalue weighted by atomic mass is 10.2. The van der Waals surface area contributed by atoms with Crippen molar-refractivity contribution in [3.63, 3.8) is 0 Å². The summed E-state index contributed by atoms with van der Waals surface area (Å²) in [5.41, 5.74) is 0. The molecule has 0 saturated heterocycles. The number of carbonyl (C=O) groups excluding carboxylic acids is 1. The maximum absolute atomic E-state index is 12.1. The van der Waals surface area contributed by atoms with Crippen LogP contribution in [-0.4, -0.2) is 40.6 Å². The van der Waals surface area contributed by atoms with E-state index in [9.17, 15) is 9.59 Å². The van der Waals surface area contributed by atoms with Crippen LogP contribution in [0.1, 0.15) is 46.5 Å². The average molecular weight is 270 g/mol. The highest BCUT2D eigenvalue weighted by Gasteiger charge is 2.23. The maximum atomic E-state index is 12.1. The Bertz CT molecular complexity index is 303. The van der Waals surface area contributed by atoms with Crippen LogP contribution >= 0.6 is 0 Å². The largest absolute Gasteiger partial charge is 0.480 e. The number of hydrogen-bond acceptors (Lipinski definition) is 2. The van der Waals surface area contributed by atoms with Gasteiger partial charge in [0.15, 0.2) is 0 Å². The molecule has 0 radical (unpaired) electrons. The van der Waals surface area contributed by atoms with E-state index in [4.69, 9.17) is 5.11 Å². The topological polar surface area (TPSA) is 69.6 Å². The molecule has 0 aromatic heterocycles. The Morgan fingerprint density at radius 1 is 1.37 bits per heavy atom. The van der Waals surface area contributed by atoms with Crippen molar-refractivity contribution in [3.05, 3.63) is 12.7 Å². The van der Waals surface area contributed by atoms with E-state index >= 15 is 0 Å². The highest BCUT2D eigenvalue weighted by molar-refractivity contribution is 5.82. The third-order valence-electron chi connectivity index (χ3n) is 2.88. The van der Waals surface area contributed by atoms with E-state index in [1.807, 2.05) is 13.8 Å². The molecule has 5 nitrogen and oxygen atoms in total. The van der Waals surface area contributed by atoms with Gasteiger partial charge in [0.25, 0.3) is 0 Å². The van der Waals surface area contributed by atoms with Gasteiger partial charge in [-0.15, -0.1) is 6.58 Å². The number of unbranched alkanes of at least 4 members (excludes halogenated alkanes) is 2. The van der Waals surface area contributed by atoms with Crippen LogP contribution in [0.4, 0.5) is 4.79 Å². The van der Waals surface area contributed by atoms with Crippen LogP contribution in [0.2, 0.25) is 0 Å². The smallest absolute Gasteiger partial charge is 0.326 e. The molecule has 0 spiro atoms. The third-order valence-corrected chi connectivity index (χ3v) is 2.88. The van der Waals surface area contributed by atoms with Gasteiger partial charge in [-0.25, -0.2) is 9.59 Å². The molecule has 0 fully saturated rings. The summed E-state index contributed by atoms with van der Waals surface area (Å²) in [6.45, 7) is 10.1. The number of nitrogens with one attached hydrogen (secondary N) is 1. The molecule has 0 aliphatic rings. The first kappa shape index (κ1) is 17.5. The summed E-state index contributed by atoms with van der Waals surface area (Å²) in [6, 6.07) is -1.17. The van der Waals surface area contributed by atoms with Gasteiger partial charge in [0, 0.05) is 12.6 Å². The molecule has 2 amide bonds. The fraction of sp³-hybridized carbons (Fsp3) is 0.714. The highest BCUT2D eigenvalue weighted by Crippen LogP contribution is 2.05. The zero-order valence-electron chi connectivity index (χ0n) is 12.2. The Kier molecular flexibility index (Phi) is 8.66. The van der Waals surface area contributed by atoms with Crippen molar-refractivity contribution in [2.45, 2.75) is 58.5 Å². The Labute approximate surface area is 115 Å². The van der Waals surface area contributed by atoms with Crippen molar-refractivity contribution in [1.29, 1.82) is 0 Å². The van der Waals surface area contributed by atoms with Crippen molar-refractivity contribution in [2.24, 2.45) is 0 Å². The van der Waals surface area contributed by atoms with Crippen LogP contribution < -0.4 is 5.32 Å². The fourth-order valence-corrected chi connectivity index (χ4v) is 1.75. The molecule has 5 heteroatoms. The minimum absolute atomic E-state index is 0.0510. The Hall–Kier alpha value is -1.52. The van der Waals surface area contributed by atoms with E-state index in [1.54, 1.807) is 4.90 Å². The van der Waals surface area contributed by atoms with Gasteiger partial charge in [0.2, 0.25) is 0 Å². The molecule has 0 aromatic carbocycles. The average Bonchev–Trinajstić information content (AvgIpc) is 2.33. The lowest BCUT2D eigenvalue weighted by Gasteiger charge is -2.28. The molecule has 0 bridgehead atoms. The number of rotatable bonds is 9. The van der Waals surface area contributed by atoms with Crippen molar-refractivity contribution < 1.29 is 14.7 Å². The molecule has 19 heavy (non-hydrogen) atoms. The molecular weight excluding hydrogens is 244 g/mol. The predicted molar refractivity (Wildman–Crippen MR) is 76.1 cm³/mol. The number of hydrogen-bond donors (Lipinski definition) is 2. The number of nitrogens with zero attached hydrogens (tertiary/aromatic N) is 1. The molecule has 0 saturated carbocycles. The van der Waals surface area contributed by atoms with E-state index < -0.39 is 12.0 Å². The molecule has 1 atom stereocenters. The standard InChI is InChI=1S/C14H26N2O3/c1-5-7-8-10-16(11(3)4)14(19)15-12(9-6-2)13(17)18/h6,11-12H,2,5,7-10H2,1,3-4H3,(H,15,19)(H,17,18). The van der Waals surface area contributed by atoms with Crippen LogP contribution in [0, 0.1) is 0 Å². The van der Waals surface area contributed by atoms with Crippen molar-refractivity contribution in [3.8, 4) is 0 Å². The third kappa shape index (κ3) is 6.84. The lowest BCUT2D eigenvalue weighted by molar-refractivity contribution is -0.139. The molecule has 2 N–H and O–H groups in total. The second-order valence-electron chi connectivity index (χ2n) is 4.86. The SMILES string of the molecule is C=CCC(NC(=O)N(CCCCC)C(C)C)C(=O)O. The summed E-state index contributed by atoms with van der Waals surface area (Å²) in [4.78, 5) is 24.8. The van der Waals surface area contributed by atoms with E-state index in [0.717, 1.165) is 19.3 Å². The molecule has 1 unspecified atom stereocenters. The number of carboxylic acids is 1. The molecule has 0 heterocycles. The fourth-order valence-electron chi connectivity index (χ4n) is 1.75. The summed E-state index contributed by atoms with van der Waals surface area (Å²) in [6.07, 6.45) is 4.80. The number of carbonyl (C=O) groups is 2. The van der Waals surface area contributed by atoms with Crippen LogP contribution in [0.3, 0.4) is 0 Å². The van der Waals surface area contributed by atoms with E-state index in [-0.39, 0.29) is 18.5 Å². The molecule has 0 aliphatic heterocycles. The number of urea groups is 1. The maximum Gasteiger partial charge on any atom is 0.326 e. The first-order chi connectivity index (χ1) is 8.93. The lowest BCUT2D eigenvalue weighted by Crippen LogP contribution is -2.50. The molecule has 0 aromatic rings. The van der Waals surface area contributed by atoms with E-state index in [1.165, 1.54) is 6.08 Å². The first-order valence-corrected chi connectivity index (χ1v) is 6.84. The number of carboxylic acid groups (broad SMARTS) is 1. The predicted octanol–water partition coefficient (Wildman–Crippen LogP) is 2.63. The number of aliphatic carboxylic acids is 1. The second kappa shape index (κ2) is 9.42. The molecule has 0 aliphatic carbocycles. The van der Waals surface area contributed by atoms with Crippen LogP contribution in [0.15, 0.2) is 12.7 Å². The zero-order chi connectivity index (χ0) is 14.8. The Morgan fingerprint density at radius 2 is 2.00 bits per heavy atom. The van der Waals surface area contributed by atoms with Gasteiger partial charge in [-0.1, -0.05) is 25.8 Å². The minimum atomic E-state index is -1.04. The first-order valence-electron chi connectivity index (χ1n) is 6.84. The summed E-state index contributed by atoms with van der Waals surface area (Å²) >= 11 is 0. The van der Waals surface area contributed by atoms with Crippen LogP contribution in [-0.2, 0) is 4.79 Å². The zero-order valence-corrected chi connectivity index (χ0v) is 12.2. The molecular formula is C14H26N2O3. The van der Waals surface area contributed by atoms with Crippen LogP contribution in [0.25, 0.3) is 0 Å². The normalized spacial score (nSPS) is 12.0. The summed E-state index contributed by atoms with van der Waals surface area (Å²) < 4.78 is 0. The minimum Gasteiger partial charge on any atom is -0.480 e. The van der Waals surface area contributed by atoms with Gasteiger partial charge in [-0.2, -0.15) is 0 Å².